The predicted molar refractivity (Wildman–Crippen MR) is 81.1 cm³/mol. The Kier molecular flexibility index (Phi) is 5.08. The highest BCUT2D eigenvalue weighted by molar-refractivity contribution is 7.89. The molecule has 0 aromatic heterocycles. The Hall–Kier alpha value is -1.31. The summed E-state index contributed by atoms with van der Waals surface area (Å²) in [5.41, 5.74) is 0.444. The zero-order valence-electron chi connectivity index (χ0n) is 12.3. The topological polar surface area (TPSA) is 87.7 Å². The van der Waals surface area contributed by atoms with Gasteiger partial charge < -0.3 is 15.2 Å². The minimum atomic E-state index is -3.65. The van der Waals surface area contributed by atoms with Gasteiger partial charge in [0.15, 0.2) is 0 Å². The van der Waals surface area contributed by atoms with E-state index in [1.807, 2.05) is 13.8 Å². The number of aliphatic hydroxyl groups excluding tert-OH is 1. The molecule has 118 valence electrons. The number of hydrogen-bond acceptors (Lipinski definition) is 5. The quantitative estimate of drug-likeness (QED) is 0.759. The van der Waals surface area contributed by atoms with Crippen molar-refractivity contribution < 1.29 is 18.3 Å². The Morgan fingerprint density at radius 1 is 1.48 bits per heavy atom. The lowest BCUT2D eigenvalue weighted by Gasteiger charge is -2.16. The van der Waals surface area contributed by atoms with Crippen molar-refractivity contribution in [3.63, 3.8) is 0 Å². The first kappa shape index (κ1) is 16.1. The molecule has 0 saturated carbocycles. The van der Waals surface area contributed by atoms with E-state index in [9.17, 15) is 8.42 Å². The molecular weight excluding hydrogens is 292 g/mol. The number of sulfonamides is 1. The van der Waals surface area contributed by atoms with Gasteiger partial charge in [-0.15, -0.1) is 0 Å². The summed E-state index contributed by atoms with van der Waals surface area (Å²) in [6.45, 7) is 4.60. The van der Waals surface area contributed by atoms with Crippen molar-refractivity contribution in [3.05, 3.63) is 18.2 Å². The van der Waals surface area contributed by atoms with Crippen LogP contribution in [-0.2, 0) is 10.0 Å². The first-order chi connectivity index (χ1) is 9.94. The third-order valence-electron chi connectivity index (χ3n) is 3.19. The van der Waals surface area contributed by atoms with Crippen molar-refractivity contribution in [2.24, 2.45) is 5.92 Å². The molecule has 1 aliphatic heterocycles. The molecule has 0 bridgehead atoms. The second kappa shape index (κ2) is 6.64. The molecule has 0 unspecified atom stereocenters. The number of hydrogen-bond donors (Lipinski definition) is 3. The lowest BCUT2D eigenvalue weighted by Crippen LogP contribution is -2.37. The smallest absolute Gasteiger partial charge is 0.246 e. The molecule has 0 amide bonds. The van der Waals surface area contributed by atoms with E-state index >= 15 is 0 Å². The van der Waals surface area contributed by atoms with Crippen LogP contribution in [0, 0.1) is 5.92 Å². The summed E-state index contributed by atoms with van der Waals surface area (Å²) in [6, 6.07) is 4.81. The van der Waals surface area contributed by atoms with Gasteiger partial charge >= 0.3 is 0 Å². The van der Waals surface area contributed by atoms with Gasteiger partial charge in [-0.1, -0.05) is 19.9 Å². The number of nitrogens with one attached hydrogen (secondary N) is 2. The molecule has 21 heavy (non-hydrogen) atoms. The van der Waals surface area contributed by atoms with Crippen LogP contribution in [0.15, 0.2) is 23.1 Å². The van der Waals surface area contributed by atoms with Gasteiger partial charge in [-0.05, 0) is 24.5 Å². The Balaban J connectivity index is 2.36. The van der Waals surface area contributed by atoms with Gasteiger partial charge in [-0.3, -0.25) is 0 Å². The van der Waals surface area contributed by atoms with E-state index in [-0.39, 0.29) is 24.1 Å². The maximum absolute atomic E-state index is 12.6. The summed E-state index contributed by atoms with van der Waals surface area (Å²) in [5, 5.41) is 11.8. The van der Waals surface area contributed by atoms with E-state index in [4.69, 9.17) is 9.84 Å². The van der Waals surface area contributed by atoms with Gasteiger partial charge in [0.25, 0.3) is 0 Å². The highest BCUT2D eigenvalue weighted by Gasteiger charge is 2.31. The first-order valence-corrected chi connectivity index (χ1v) is 8.55. The first-order valence-electron chi connectivity index (χ1n) is 7.07. The Morgan fingerprint density at radius 2 is 2.24 bits per heavy atom. The molecule has 1 atom stereocenters. The van der Waals surface area contributed by atoms with Gasteiger partial charge in [0.05, 0.1) is 18.3 Å². The molecule has 6 nitrogen and oxygen atoms in total. The molecule has 1 heterocycles. The fourth-order valence-corrected chi connectivity index (χ4v) is 3.97. The fourth-order valence-electron chi connectivity index (χ4n) is 2.42. The summed E-state index contributed by atoms with van der Waals surface area (Å²) in [4.78, 5) is 0.115. The van der Waals surface area contributed by atoms with Crippen LogP contribution in [0.3, 0.4) is 0 Å². The maximum Gasteiger partial charge on any atom is 0.246 e. The van der Waals surface area contributed by atoms with E-state index in [0.29, 0.717) is 30.4 Å². The third kappa shape index (κ3) is 3.87. The predicted octanol–water partition coefficient (Wildman–Crippen LogP) is 1.18. The Bertz CT molecular complexity index is 587. The van der Waals surface area contributed by atoms with Gasteiger partial charge in [0, 0.05) is 6.54 Å². The minimum Gasteiger partial charge on any atom is -0.490 e. The molecule has 7 heteroatoms. The van der Waals surface area contributed by atoms with Gasteiger partial charge in [-0.2, -0.15) is 0 Å². The standard InChI is InChI=1S/C14H22N2O4S/c1-10(2)8-11-9-20-13-5-3-4-12(15-6-7-17)14(13)21(18,19)16-11/h3-5,10-11,15-17H,6-9H2,1-2H3/t11-/m0/s1. The summed E-state index contributed by atoms with van der Waals surface area (Å²) in [6.07, 6.45) is 0.715. The molecule has 3 N–H and O–H groups in total. The average Bonchev–Trinajstić information content (AvgIpc) is 2.53. The third-order valence-corrected chi connectivity index (χ3v) is 4.79. The summed E-state index contributed by atoms with van der Waals surface area (Å²) < 4.78 is 33.5. The van der Waals surface area contributed by atoms with Crippen molar-refractivity contribution in [1.29, 1.82) is 0 Å². The molecule has 0 radical (unpaired) electrons. The molecule has 0 spiro atoms. The van der Waals surface area contributed by atoms with Gasteiger partial charge in [-0.25, -0.2) is 13.1 Å². The fraction of sp³-hybridized carbons (Fsp3) is 0.571. The SMILES string of the molecule is CC(C)C[C@H]1COc2cccc(NCCO)c2S(=O)(=O)N1. The maximum atomic E-state index is 12.6. The summed E-state index contributed by atoms with van der Waals surface area (Å²) >= 11 is 0. The Labute approximate surface area is 125 Å². The van der Waals surface area contributed by atoms with E-state index in [0.717, 1.165) is 0 Å². The van der Waals surface area contributed by atoms with Crippen LogP contribution in [0.4, 0.5) is 5.69 Å². The van der Waals surface area contributed by atoms with Crippen LogP contribution in [0.5, 0.6) is 5.75 Å². The molecule has 1 aliphatic rings. The van der Waals surface area contributed by atoms with Crippen LogP contribution in [0.2, 0.25) is 0 Å². The average molecular weight is 314 g/mol. The van der Waals surface area contributed by atoms with E-state index in [2.05, 4.69) is 10.0 Å². The van der Waals surface area contributed by atoms with E-state index < -0.39 is 10.0 Å². The number of aliphatic hydroxyl groups is 1. The minimum absolute atomic E-state index is 0.0754. The van der Waals surface area contributed by atoms with Gasteiger partial charge in [0.2, 0.25) is 10.0 Å². The molecule has 1 aromatic rings. The molecule has 2 rings (SSSR count). The zero-order valence-corrected chi connectivity index (χ0v) is 13.1. The van der Waals surface area contributed by atoms with Crippen LogP contribution in [0.1, 0.15) is 20.3 Å². The van der Waals surface area contributed by atoms with Crippen LogP contribution in [-0.4, -0.2) is 39.3 Å². The monoisotopic (exact) mass is 314 g/mol. The van der Waals surface area contributed by atoms with E-state index in [1.54, 1.807) is 18.2 Å². The number of anilines is 1. The van der Waals surface area contributed by atoms with E-state index in [1.165, 1.54) is 0 Å². The highest BCUT2D eigenvalue weighted by Crippen LogP contribution is 2.33. The van der Waals surface area contributed by atoms with Gasteiger partial charge in [0.1, 0.15) is 17.3 Å². The second-order valence-corrected chi connectivity index (χ2v) is 7.19. The number of rotatable bonds is 5. The van der Waals surface area contributed by atoms with Crippen molar-refractivity contribution in [1.82, 2.24) is 4.72 Å². The number of ether oxygens (including phenoxy) is 1. The number of benzene rings is 1. The molecular formula is C14H22N2O4S. The van der Waals surface area contributed by atoms with Crippen LogP contribution >= 0.6 is 0 Å². The van der Waals surface area contributed by atoms with Crippen molar-refractivity contribution >= 4 is 15.7 Å². The van der Waals surface area contributed by atoms with Crippen LogP contribution in [0.25, 0.3) is 0 Å². The molecule has 0 saturated heterocycles. The lowest BCUT2D eigenvalue weighted by molar-refractivity contribution is 0.262. The molecule has 0 fully saturated rings. The number of fused-ring (bicyclic) bond motifs is 1. The summed E-state index contributed by atoms with van der Waals surface area (Å²) in [5.74, 6) is 0.714. The summed E-state index contributed by atoms with van der Waals surface area (Å²) in [7, 11) is -3.65. The lowest BCUT2D eigenvalue weighted by atomic mass is 10.1. The highest BCUT2D eigenvalue weighted by atomic mass is 32.2. The second-order valence-electron chi connectivity index (χ2n) is 5.54. The normalized spacial score (nSPS) is 20.5. The van der Waals surface area contributed by atoms with Crippen molar-refractivity contribution in [2.75, 3.05) is 25.1 Å². The largest absolute Gasteiger partial charge is 0.490 e. The van der Waals surface area contributed by atoms with Crippen LogP contribution < -0.4 is 14.8 Å². The van der Waals surface area contributed by atoms with Crippen molar-refractivity contribution in [2.45, 2.75) is 31.2 Å². The molecule has 0 aliphatic carbocycles. The van der Waals surface area contributed by atoms with Crippen molar-refractivity contribution in [3.8, 4) is 5.75 Å². The Morgan fingerprint density at radius 3 is 2.90 bits per heavy atom. The molecule has 1 aromatic carbocycles. The zero-order chi connectivity index (χ0) is 15.5.